The molecular weight excluding hydrogens is 298 g/mol. The molecule has 6 nitrogen and oxygen atoms in total. The highest BCUT2D eigenvalue weighted by Gasteiger charge is 2.38. The van der Waals surface area contributed by atoms with Crippen LogP contribution in [0.2, 0.25) is 0 Å². The first-order chi connectivity index (χ1) is 9.50. The Morgan fingerprint density at radius 1 is 1.50 bits per heavy atom. The highest BCUT2D eigenvalue weighted by Crippen LogP contribution is 2.32. The molecule has 2 rings (SSSR count). The molecule has 1 aliphatic rings. The van der Waals surface area contributed by atoms with Crippen LogP contribution >= 0.6 is 11.3 Å². The van der Waals surface area contributed by atoms with Crippen molar-refractivity contribution in [3.63, 3.8) is 0 Å². The zero-order valence-electron chi connectivity index (χ0n) is 10.8. The summed E-state index contributed by atoms with van der Waals surface area (Å²) in [6.45, 7) is 2.19. The molecule has 0 aliphatic carbocycles. The molecule has 1 fully saturated rings. The lowest BCUT2D eigenvalue weighted by molar-refractivity contribution is 0.194. The maximum Gasteiger partial charge on any atom is 0.254 e. The van der Waals surface area contributed by atoms with Gasteiger partial charge in [-0.2, -0.15) is 14.6 Å². The van der Waals surface area contributed by atoms with Crippen LogP contribution in [0.1, 0.15) is 24.6 Å². The first-order valence-electron chi connectivity index (χ1n) is 6.09. The summed E-state index contributed by atoms with van der Waals surface area (Å²) in [4.78, 5) is 14.5. The van der Waals surface area contributed by atoms with E-state index in [9.17, 15) is 13.2 Å². The molecule has 2 heterocycles. The summed E-state index contributed by atoms with van der Waals surface area (Å²) in [6, 6.07) is 4.81. The molecule has 8 heteroatoms. The van der Waals surface area contributed by atoms with Crippen molar-refractivity contribution in [2.75, 3.05) is 6.54 Å². The van der Waals surface area contributed by atoms with Gasteiger partial charge in [0.05, 0.1) is 0 Å². The molecule has 1 aromatic rings. The topological polar surface area (TPSA) is 90.6 Å². The van der Waals surface area contributed by atoms with E-state index in [0.29, 0.717) is 11.4 Å². The SMILES string of the molecule is CC1CCCN(S(=O)(=O)c2ccc(C#N)s2)C1N=C=O. The van der Waals surface area contributed by atoms with Crippen molar-refractivity contribution in [2.45, 2.75) is 30.1 Å². The molecule has 0 spiro atoms. The summed E-state index contributed by atoms with van der Waals surface area (Å²) < 4.78 is 26.5. The standard InChI is InChI=1S/C12H13N3O3S2/c1-9-3-2-6-15(12(9)14-8-16)20(17,18)11-5-4-10(7-13)19-11/h4-5,9,12H,2-3,6H2,1H3. The van der Waals surface area contributed by atoms with Crippen molar-refractivity contribution < 1.29 is 13.2 Å². The van der Waals surface area contributed by atoms with Crippen LogP contribution in [0, 0.1) is 17.2 Å². The quantitative estimate of drug-likeness (QED) is 0.627. The number of hydrogen-bond acceptors (Lipinski definition) is 6. The lowest BCUT2D eigenvalue weighted by Gasteiger charge is -2.35. The van der Waals surface area contributed by atoms with Gasteiger partial charge in [-0.25, -0.2) is 13.2 Å². The second-order valence-electron chi connectivity index (χ2n) is 4.60. The average molecular weight is 311 g/mol. The van der Waals surface area contributed by atoms with Gasteiger partial charge in [-0.15, -0.1) is 11.3 Å². The van der Waals surface area contributed by atoms with Crippen LogP contribution in [0.15, 0.2) is 21.3 Å². The molecular formula is C12H13N3O3S2. The second-order valence-corrected chi connectivity index (χ2v) is 7.80. The molecule has 2 atom stereocenters. The fourth-order valence-corrected chi connectivity index (χ4v) is 5.17. The van der Waals surface area contributed by atoms with E-state index < -0.39 is 16.2 Å². The van der Waals surface area contributed by atoms with Gasteiger partial charge in [0.2, 0.25) is 6.08 Å². The van der Waals surface area contributed by atoms with Gasteiger partial charge in [-0.1, -0.05) is 6.92 Å². The number of piperidine rings is 1. The minimum absolute atomic E-state index is 0.0321. The van der Waals surface area contributed by atoms with Crippen LogP contribution in [0.25, 0.3) is 0 Å². The van der Waals surface area contributed by atoms with E-state index in [1.165, 1.54) is 22.5 Å². The number of thiophene rings is 1. The van der Waals surface area contributed by atoms with Crippen LogP contribution in [-0.4, -0.2) is 31.5 Å². The normalized spacial score (nSPS) is 23.8. The van der Waals surface area contributed by atoms with Crippen molar-refractivity contribution in [3.05, 3.63) is 17.0 Å². The Morgan fingerprint density at radius 3 is 2.85 bits per heavy atom. The molecule has 0 aromatic carbocycles. The highest BCUT2D eigenvalue weighted by atomic mass is 32.2. The molecule has 1 aromatic heterocycles. The maximum atomic E-state index is 12.6. The zero-order valence-corrected chi connectivity index (χ0v) is 12.4. The smallest absolute Gasteiger partial charge is 0.211 e. The van der Waals surface area contributed by atoms with E-state index in [1.807, 2.05) is 13.0 Å². The molecule has 1 saturated heterocycles. The Hall–Kier alpha value is -1.52. The number of rotatable bonds is 3. The third kappa shape index (κ3) is 2.67. The van der Waals surface area contributed by atoms with Gasteiger partial charge < -0.3 is 0 Å². The van der Waals surface area contributed by atoms with E-state index in [2.05, 4.69) is 4.99 Å². The maximum absolute atomic E-state index is 12.6. The second kappa shape index (κ2) is 5.85. The molecule has 0 radical (unpaired) electrons. The Morgan fingerprint density at radius 2 is 2.25 bits per heavy atom. The number of hydrogen-bond donors (Lipinski definition) is 0. The first-order valence-corrected chi connectivity index (χ1v) is 8.35. The number of nitrogens with zero attached hydrogens (tertiary/aromatic N) is 3. The van der Waals surface area contributed by atoms with Gasteiger partial charge in [0.15, 0.2) is 0 Å². The average Bonchev–Trinajstić information content (AvgIpc) is 2.90. The molecule has 1 aliphatic heterocycles. The monoisotopic (exact) mass is 311 g/mol. The molecule has 0 bridgehead atoms. The highest BCUT2D eigenvalue weighted by molar-refractivity contribution is 7.91. The third-order valence-corrected chi connectivity index (χ3v) is 6.61. The number of isocyanates is 1. The van der Waals surface area contributed by atoms with Gasteiger partial charge in [0.1, 0.15) is 21.3 Å². The van der Waals surface area contributed by atoms with Gasteiger partial charge in [0.25, 0.3) is 10.0 Å². The Labute approximate surface area is 121 Å². The van der Waals surface area contributed by atoms with Crippen molar-refractivity contribution in [3.8, 4) is 6.07 Å². The van der Waals surface area contributed by atoms with E-state index in [-0.39, 0.29) is 10.1 Å². The molecule has 2 unspecified atom stereocenters. The van der Waals surface area contributed by atoms with Crippen LogP contribution in [0.4, 0.5) is 0 Å². The fraction of sp³-hybridized carbons (Fsp3) is 0.500. The number of sulfonamides is 1. The first kappa shape index (κ1) is 14.9. The molecule has 0 amide bonds. The van der Waals surface area contributed by atoms with Gasteiger partial charge in [0, 0.05) is 6.54 Å². The predicted octanol–water partition coefficient (Wildman–Crippen LogP) is 1.70. The largest absolute Gasteiger partial charge is 0.254 e. The predicted molar refractivity (Wildman–Crippen MR) is 73.2 cm³/mol. The Balaban J connectivity index is 2.41. The van der Waals surface area contributed by atoms with Crippen LogP contribution in [0.3, 0.4) is 0 Å². The van der Waals surface area contributed by atoms with E-state index >= 15 is 0 Å². The summed E-state index contributed by atoms with van der Waals surface area (Å²) in [5, 5.41) is 8.79. The number of aliphatic imine (C=N–C) groups is 1. The fourth-order valence-electron chi connectivity index (χ4n) is 2.28. The minimum Gasteiger partial charge on any atom is -0.211 e. The van der Waals surface area contributed by atoms with E-state index in [4.69, 9.17) is 5.26 Å². The summed E-state index contributed by atoms with van der Waals surface area (Å²) in [7, 11) is -3.73. The lowest BCUT2D eigenvalue weighted by atomic mass is 9.98. The van der Waals surface area contributed by atoms with Crippen molar-refractivity contribution in [1.29, 1.82) is 5.26 Å². The van der Waals surface area contributed by atoms with Crippen molar-refractivity contribution in [1.82, 2.24) is 4.31 Å². The number of nitriles is 1. The van der Waals surface area contributed by atoms with Gasteiger partial charge in [-0.05, 0) is 30.9 Å². The molecule has 20 heavy (non-hydrogen) atoms. The summed E-state index contributed by atoms with van der Waals surface area (Å²) in [5.41, 5.74) is 0. The summed E-state index contributed by atoms with van der Waals surface area (Å²) >= 11 is 0.924. The lowest BCUT2D eigenvalue weighted by Crippen LogP contribution is -2.46. The van der Waals surface area contributed by atoms with E-state index in [0.717, 1.165) is 24.2 Å². The zero-order chi connectivity index (χ0) is 14.8. The minimum atomic E-state index is -3.73. The van der Waals surface area contributed by atoms with Crippen LogP contribution < -0.4 is 0 Å². The summed E-state index contributed by atoms with van der Waals surface area (Å²) in [5.74, 6) is -0.0321. The van der Waals surface area contributed by atoms with Gasteiger partial charge >= 0.3 is 0 Å². The molecule has 106 valence electrons. The molecule has 0 saturated carbocycles. The van der Waals surface area contributed by atoms with Gasteiger partial charge in [-0.3, -0.25) is 0 Å². The Kier molecular flexibility index (Phi) is 4.35. The number of carbonyl (C=O) groups excluding carboxylic acids is 1. The van der Waals surface area contributed by atoms with Crippen molar-refractivity contribution >= 4 is 27.4 Å². The van der Waals surface area contributed by atoms with Crippen molar-refractivity contribution in [2.24, 2.45) is 10.9 Å². The Bertz CT molecular complexity index is 683. The van der Waals surface area contributed by atoms with Crippen LogP contribution in [-0.2, 0) is 14.8 Å². The van der Waals surface area contributed by atoms with Crippen LogP contribution in [0.5, 0.6) is 0 Å². The third-order valence-electron chi connectivity index (χ3n) is 3.28. The molecule has 0 N–H and O–H groups in total. The summed E-state index contributed by atoms with van der Waals surface area (Å²) in [6.07, 6.45) is 2.29. The van der Waals surface area contributed by atoms with E-state index in [1.54, 1.807) is 0 Å².